The van der Waals surface area contributed by atoms with Crippen LogP contribution in [0, 0.1) is 0 Å². The van der Waals surface area contributed by atoms with Crippen molar-refractivity contribution in [3.8, 4) is 0 Å². The molecule has 0 bridgehead atoms. The lowest BCUT2D eigenvalue weighted by Crippen LogP contribution is -2.05. The van der Waals surface area contributed by atoms with E-state index in [2.05, 4.69) is 0 Å². The van der Waals surface area contributed by atoms with Crippen molar-refractivity contribution >= 4 is 17.7 Å². The molecular formula is C13H13O3PS. The SMILES string of the molecule is [O-]P(O)(O)=[S+]C(c1ccccc1)c1ccccc1. The van der Waals surface area contributed by atoms with E-state index in [1.807, 2.05) is 60.7 Å². The van der Waals surface area contributed by atoms with Gasteiger partial charge in [-0.05, 0) is 0 Å². The predicted octanol–water partition coefficient (Wildman–Crippen LogP) is 1.88. The summed E-state index contributed by atoms with van der Waals surface area (Å²) in [5.41, 5.74) is 1.77. The van der Waals surface area contributed by atoms with E-state index in [-0.39, 0.29) is 5.25 Å². The van der Waals surface area contributed by atoms with Crippen LogP contribution in [0.2, 0.25) is 0 Å². The molecule has 0 atom stereocenters. The molecule has 94 valence electrons. The first-order chi connectivity index (χ1) is 8.56. The molecular weight excluding hydrogens is 267 g/mol. The fourth-order valence-corrected chi connectivity index (χ4v) is 4.09. The Morgan fingerprint density at radius 1 is 0.833 bits per heavy atom. The molecule has 0 unspecified atom stereocenters. The Bertz CT molecular complexity index is 503. The van der Waals surface area contributed by atoms with Gasteiger partial charge in [-0.15, -0.1) is 0 Å². The summed E-state index contributed by atoms with van der Waals surface area (Å²) in [5, 5.41) is -0.353. The molecule has 0 aliphatic heterocycles. The summed E-state index contributed by atoms with van der Waals surface area (Å²) in [6.07, 6.45) is 0. The third-order valence-corrected chi connectivity index (χ3v) is 4.93. The van der Waals surface area contributed by atoms with E-state index in [0.717, 1.165) is 11.1 Å². The zero-order chi connectivity index (χ0) is 13.0. The van der Waals surface area contributed by atoms with Gasteiger partial charge in [0.1, 0.15) is 0 Å². The fraction of sp³-hybridized carbons (Fsp3) is 0.0769. The van der Waals surface area contributed by atoms with Crippen LogP contribution in [0.4, 0.5) is 0 Å². The van der Waals surface area contributed by atoms with Gasteiger partial charge in [0.05, 0.1) is 0 Å². The Balaban J connectivity index is 2.49. The van der Waals surface area contributed by atoms with Gasteiger partial charge >= 0.3 is 6.72 Å². The summed E-state index contributed by atoms with van der Waals surface area (Å²) in [7, 11) is 0.675. The van der Waals surface area contributed by atoms with Crippen molar-refractivity contribution in [2.24, 2.45) is 0 Å². The maximum absolute atomic E-state index is 11.2. The predicted molar refractivity (Wildman–Crippen MR) is 73.4 cm³/mol. The standard InChI is InChI=1S/C13H13O3PS/c14-17(15,16)18-13(11-7-3-1-4-8-11)12-9-5-2-6-10-12/h1-10,13H,(H2-,14,15,16). The summed E-state index contributed by atoms with van der Waals surface area (Å²) in [4.78, 5) is 29.6. The van der Waals surface area contributed by atoms with Gasteiger partial charge in [-0.1, -0.05) is 60.7 Å². The molecule has 18 heavy (non-hydrogen) atoms. The van der Waals surface area contributed by atoms with E-state index in [1.165, 1.54) is 0 Å². The normalized spacial score (nSPS) is 11.6. The Morgan fingerprint density at radius 3 is 1.56 bits per heavy atom. The molecule has 2 rings (SSSR count). The Hall–Kier alpha value is -1.03. The Morgan fingerprint density at radius 2 is 1.22 bits per heavy atom. The molecule has 5 heteroatoms. The van der Waals surface area contributed by atoms with Crippen LogP contribution in [0.1, 0.15) is 16.4 Å². The number of rotatable bonds is 3. The second-order valence-corrected chi connectivity index (χ2v) is 7.52. The topological polar surface area (TPSA) is 63.5 Å². The molecule has 2 aromatic rings. The average molecular weight is 280 g/mol. The lowest BCUT2D eigenvalue weighted by molar-refractivity contribution is -0.196. The highest BCUT2D eigenvalue weighted by Crippen LogP contribution is 2.35. The zero-order valence-corrected chi connectivity index (χ0v) is 11.2. The minimum atomic E-state index is -4.14. The lowest BCUT2D eigenvalue weighted by Gasteiger charge is -2.09. The Labute approximate surface area is 110 Å². The minimum Gasteiger partial charge on any atom is -0.742 e. The molecule has 0 aromatic heterocycles. The molecule has 0 saturated heterocycles. The monoisotopic (exact) mass is 280 g/mol. The number of hydrogen-bond acceptors (Lipinski definition) is 1. The van der Waals surface area contributed by atoms with Crippen LogP contribution in [0.25, 0.3) is 0 Å². The minimum absolute atomic E-state index is 0.353. The van der Waals surface area contributed by atoms with E-state index in [4.69, 9.17) is 0 Å². The first-order valence-electron chi connectivity index (χ1n) is 5.40. The largest absolute Gasteiger partial charge is 0.742 e. The maximum atomic E-state index is 11.2. The molecule has 0 fully saturated rings. The van der Waals surface area contributed by atoms with E-state index >= 15 is 0 Å². The van der Waals surface area contributed by atoms with E-state index < -0.39 is 6.72 Å². The van der Waals surface area contributed by atoms with Gasteiger partial charge in [0.25, 0.3) is 0 Å². The molecule has 0 saturated carbocycles. The van der Waals surface area contributed by atoms with Gasteiger partial charge in [0, 0.05) is 11.1 Å². The van der Waals surface area contributed by atoms with Crippen LogP contribution < -0.4 is 4.89 Å². The zero-order valence-electron chi connectivity index (χ0n) is 9.51. The van der Waals surface area contributed by atoms with Gasteiger partial charge in [0.15, 0.2) is 0 Å². The summed E-state index contributed by atoms with van der Waals surface area (Å²) < 4.78 is 0. The summed E-state index contributed by atoms with van der Waals surface area (Å²) in [5.74, 6) is 0. The Kier molecular flexibility index (Phi) is 4.27. The molecule has 0 aliphatic carbocycles. The van der Waals surface area contributed by atoms with Gasteiger partial charge in [-0.3, -0.25) is 0 Å². The lowest BCUT2D eigenvalue weighted by atomic mass is 10.0. The van der Waals surface area contributed by atoms with Crippen molar-refractivity contribution in [2.45, 2.75) is 5.25 Å². The van der Waals surface area contributed by atoms with Gasteiger partial charge in [-0.25, -0.2) is 0 Å². The molecule has 2 N–H and O–H groups in total. The van der Waals surface area contributed by atoms with Crippen LogP contribution in [-0.2, 0) is 10.9 Å². The molecule has 0 amide bonds. The summed E-state index contributed by atoms with van der Waals surface area (Å²) in [6, 6.07) is 18.7. The van der Waals surface area contributed by atoms with Crippen molar-refractivity contribution in [1.29, 1.82) is 0 Å². The van der Waals surface area contributed by atoms with Crippen molar-refractivity contribution < 1.29 is 14.7 Å². The third kappa shape index (κ3) is 3.73. The average Bonchev–Trinajstić information content (AvgIpc) is 2.37. The van der Waals surface area contributed by atoms with Crippen molar-refractivity contribution in [3.05, 3.63) is 71.8 Å². The summed E-state index contributed by atoms with van der Waals surface area (Å²) >= 11 is 0. The van der Waals surface area contributed by atoms with Crippen LogP contribution in [0.5, 0.6) is 0 Å². The highest BCUT2D eigenvalue weighted by molar-refractivity contribution is 8.16. The van der Waals surface area contributed by atoms with Gasteiger partial charge in [-0.2, -0.15) is 0 Å². The number of hydrogen-bond donors (Lipinski definition) is 2. The highest BCUT2D eigenvalue weighted by atomic mass is 32.5. The van der Waals surface area contributed by atoms with Crippen LogP contribution in [0.15, 0.2) is 60.7 Å². The molecule has 0 heterocycles. The molecule has 0 radical (unpaired) electrons. The van der Waals surface area contributed by atoms with Crippen LogP contribution >= 0.6 is 6.72 Å². The molecule has 3 nitrogen and oxygen atoms in total. The first kappa shape index (κ1) is 13.4. The smallest absolute Gasteiger partial charge is 0.314 e. The van der Waals surface area contributed by atoms with E-state index in [9.17, 15) is 14.7 Å². The highest BCUT2D eigenvalue weighted by Gasteiger charge is 2.25. The molecule has 0 spiro atoms. The van der Waals surface area contributed by atoms with Crippen molar-refractivity contribution in [1.82, 2.24) is 0 Å². The first-order valence-corrected chi connectivity index (χ1v) is 8.50. The third-order valence-electron chi connectivity index (χ3n) is 2.45. The van der Waals surface area contributed by atoms with Crippen LogP contribution in [-0.4, -0.2) is 9.79 Å². The van der Waals surface area contributed by atoms with E-state index in [0.29, 0.717) is 10.9 Å². The summed E-state index contributed by atoms with van der Waals surface area (Å²) in [6.45, 7) is -4.14. The second-order valence-electron chi connectivity index (χ2n) is 3.80. The van der Waals surface area contributed by atoms with E-state index in [1.54, 1.807) is 0 Å². The maximum Gasteiger partial charge on any atom is 0.314 e. The van der Waals surface area contributed by atoms with Gasteiger partial charge in [0.2, 0.25) is 16.2 Å². The van der Waals surface area contributed by atoms with Crippen LogP contribution in [0.3, 0.4) is 0 Å². The number of benzene rings is 2. The van der Waals surface area contributed by atoms with Crippen molar-refractivity contribution in [2.75, 3.05) is 0 Å². The molecule has 0 aliphatic rings. The van der Waals surface area contributed by atoms with Gasteiger partial charge < -0.3 is 14.7 Å². The fourth-order valence-electron chi connectivity index (χ4n) is 1.71. The second kappa shape index (κ2) is 5.74. The molecule has 2 aromatic carbocycles. The van der Waals surface area contributed by atoms with Crippen molar-refractivity contribution in [3.63, 3.8) is 0 Å². The quantitative estimate of drug-likeness (QED) is 0.666.